The van der Waals surface area contributed by atoms with Crippen molar-refractivity contribution >= 4 is 29.1 Å². The number of carbonyl (C=O) groups is 1. The van der Waals surface area contributed by atoms with Crippen LogP contribution in [0.25, 0.3) is 0 Å². The summed E-state index contributed by atoms with van der Waals surface area (Å²) >= 11 is 12.8. The topological polar surface area (TPSA) is 43.8 Å². The molecule has 38 heavy (non-hydrogen) atoms. The highest BCUT2D eigenvalue weighted by Crippen LogP contribution is 2.41. The number of aliphatic hydroxyl groups is 1. The Labute approximate surface area is 236 Å². The molecule has 2 heterocycles. The van der Waals surface area contributed by atoms with Gasteiger partial charge in [-0.15, -0.1) is 0 Å². The summed E-state index contributed by atoms with van der Waals surface area (Å²) in [4.78, 5) is 17.9. The van der Waals surface area contributed by atoms with Crippen LogP contribution in [-0.4, -0.2) is 53.5 Å². The van der Waals surface area contributed by atoms with E-state index in [-0.39, 0.29) is 11.3 Å². The first kappa shape index (κ1) is 27.2. The Bertz CT molecular complexity index is 1230. The SMILES string of the molecule is O=C(c1ccccc1)N1CCCC(CCCN2CCC(O)(c3ccccc3)CC2)(c2ccc(Cl)c(Cl)c2)C1. The summed E-state index contributed by atoms with van der Waals surface area (Å²) in [6, 6.07) is 25.6. The van der Waals surface area contributed by atoms with Gasteiger partial charge in [-0.3, -0.25) is 4.79 Å². The Morgan fingerprint density at radius 3 is 2.18 bits per heavy atom. The average Bonchev–Trinajstić information content (AvgIpc) is 2.96. The van der Waals surface area contributed by atoms with Crippen molar-refractivity contribution in [1.29, 1.82) is 0 Å². The standard InChI is InChI=1S/C32H36Cl2N2O2/c33-28-14-13-27(23-29(28)34)31(16-8-20-36(24-31)30(37)25-9-3-1-4-10-25)15-7-19-35-21-17-32(38,18-22-35)26-11-5-2-6-12-26/h1-6,9-14,23,38H,7-8,15-22,24H2. The van der Waals surface area contributed by atoms with E-state index in [4.69, 9.17) is 23.2 Å². The summed E-state index contributed by atoms with van der Waals surface area (Å²) in [5, 5.41) is 12.3. The van der Waals surface area contributed by atoms with Gasteiger partial charge in [-0.2, -0.15) is 0 Å². The number of hydrogen-bond acceptors (Lipinski definition) is 3. The quantitative estimate of drug-likeness (QED) is 0.346. The normalized spacial score (nSPS) is 21.8. The van der Waals surface area contributed by atoms with Crippen LogP contribution in [0.5, 0.6) is 0 Å². The second kappa shape index (κ2) is 11.8. The molecule has 0 aliphatic carbocycles. The highest BCUT2D eigenvalue weighted by molar-refractivity contribution is 6.42. The smallest absolute Gasteiger partial charge is 0.253 e. The van der Waals surface area contributed by atoms with Crippen LogP contribution in [0.4, 0.5) is 0 Å². The molecule has 1 atom stereocenters. The van der Waals surface area contributed by atoms with Crippen LogP contribution in [0.2, 0.25) is 10.0 Å². The first-order valence-electron chi connectivity index (χ1n) is 13.7. The number of amides is 1. The number of halogens is 2. The second-order valence-electron chi connectivity index (χ2n) is 10.9. The third-order valence-corrected chi connectivity index (χ3v) is 9.28. The lowest BCUT2D eigenvalue weighted by Crippen LogP contribution is -2.49. The highest BCUT2D eigenvalue weighted by atomic mass is 35.5. The van der Waals surface area contributed by atoms with Gasteiger partial charge in [-0.1, -0.05) is 77.8 Å². The first-order chi connectivity index (χ1) is 18.4. The maximum absolute atomic E-state index is 13.4. The van der Waals surface area contributed by atoms with Gasteiger partial charge in [-0.25, -0.2) is 0 Å². The molecular formula is C32H36Cl2N2O2. The summed E-state index contributed by atoms with van der Waals surface area (Å²) in [5.74, 6) is 0.0889. The van der Waals surface area contributed by atoms with Crippen molar-refractivity contribution in [2.24, 2.45) is 0 Å². The molecule has 4 nitrogen and oxygen atoms in total. The van der Waals surface area contributed by atoms with E-state index in [1.54, 1.807) is 0 Å². The lowest BCUT2D eigenvalue weighted by molar-refractivity contribution is -0.0265. The summed E-state index contributed by atoms with van der Waals surface area (Å²) < 4.78 is 0. The van der Waals surface area contributed by atoms with Gasteiger partial charge in [0.25, 0.3) is 5.91 Å². The molecule has 0 saturated carbocycles. The van der Waals surface area contributed by atoms with E-state index < -0.39 is 5.60 Å². The number of likely N-dealkylation sites (tertiary alicyclic amines) is 2. The van der Waals surface area contributed by atoms with E-state index in [1.165, 1.54) is 0 Å². The number of nitrogens with zero attached hydrogens (tertiary/aromatic N) is 2. The van der Waals surface area contributed by atoms with E-state index in [0.29, 0.717) is 16.6 Å². The van der Waals surface area contributed by atoms with E-state index in [1.807, 2.05) is 77.7 Å². The third kappa shape index (κ3) is 5.94. The average molecular weight is 552 g/mol. The van der Waals surface area contributed by atoms with Crippen molar-refractivity contribution < 1.29 is 9.90 Å². The van der Waals surface area contributed by atoms with Crippen LogP contribution >= 0.6 is 23.2 Å². The van der Waals surface area contributed by atoms with Gasteiger partial charge < -0.3 is 14.9 Å². The van der Waals surface area contributed by atoms with Gasteiger partial charge in [0, 0.05) is 37.2 Å². The molecule has 1 N–H and O–H groups in total. The van der Waals surface area contributed by atoms with Crippen LogP contribution < -0.4 is 0 Å². The van der Waals surface area contributed by atoms with Crippen molar-refractivity contribution in [3.8, 4) is 0 Å². The fraction of sp³-hybridized carbons (Fsp3) is 0.406. The summed E-state index contributed by atoms with van der Waals surface area (Å²) in [6.07, 6.45) is 5.42. The largest absolute Gasteiger partial charge is 0.385 e. The molecule has 200 valence electrons. The second-order valence-corrected chi connectivity index (χ2v) is 11.8. The van der Waals surface area contributed by atoms with Crippen molar-refractivity contribution in [3.05, 3.63) is 106 Å². The van der Waals surface area contributed by atoms with Crippen LogP contribution in [-0.2, 0) is 11.0 Å². The zero-order valence-electron chi connectivity index (χ0n) is 21.8. The Balaban J connectivity index is 1.28. The monoisotopic (exact) mass is 550 g/mol. The number of piperidine rings is 2. The van der Waals surface area contributed by atoms with E-state index in [0.717, 1.165) is 81.4 Å². The van der Waals surface area contributed by atoms with Crippen LogP contribution in [0.1, 0.15) is 60.0 Å². The molecule has 6 heteroatoms. The van der Waals surface area contributed by atoms with Crippen LogP contribution in [0, 0.1) is 0 Å². The molecule has 2 aliphatic rings. The Morgan fingerprint density at radius 1 is 0.816 bits per heavy atom. The van der Waals surface area contributed by atoms with Crippen molar-refractivity contribution in [2.75, 3.05) is 32.7 Å². The number of hydrogen-bond donors (Lipinski definition) is 1. The van der Waals surface area contributed by atoms with Crippen molar-refractivity contribution in [1.82, 2.24) is 9.80 Å². The maximum atomic E-state index is 13.4. The molecule has 1 unspecified atom stereocenters. The zero-order chi connectivity index (χ0) is 26.6. The molecule has 2 saturated heterocycles. The summed E-state index contributed by atoms with van der Waals surface area (Å²) in [6.45, 7) is 4.17. The van der Waals surface area contributed by atoms with Gasteiger partial charge in [0.05, 0.1) is 15.6 Å². The van der Waals surface area contributed by atoms with Gasteiger partial charge in [0.1, 0.15) is 0 Å². The van der Waals surface area contributed by atoms with Crippen molar-refractivity contribution in [2.45, 2.75) is 49.5 Å². The molecule has 0 spiro atoms. The number of carbonyl (C=O) groups excluding carboxylic acids is 1. The van der Waals surface area contributed by atoms with Gasteiger partial charge in [-0.05, 0) is 80.5 Å². The van der Waals surface area contributed by atoms with Gasteiger partial charge in [0.2, 0.25) is 0 Å². The number of rotatable bonds is 7. The van der Waals surface area contributed by atoms with Crippen molar-refractivity contribution in [3.63, 3.8) is 0 Å². The van der Waals surface area contributed by atoms with E-state index in [2.05, 4.69) is 11.0 Å². The fourth-order valence-electron chi connectivity index (χ4n) is 6.30. The molecule has 1 amide bonds. The molecule has 3 aromatic rings. The molecule has 2 aliphatic heterocycles. The van der Waals surface area contributed by atoms with E-state index in [9.17, 15) is 9.90 Å². The first-order valence-corrected chi connectivity index (χ1v) is 14.4. The lowest BCUT2D eigenvalue weighted by atomic mass is 9.70. The van der Waals surface area contributed by atoms with E-state index >= 15 is 0 Å². The molecule has 0 bridgehead atoms. The Morgan fingerprint density at radius 2 is 1.50 bits per heavy atom. The predicted molar refractivity (Wildman–Crippen MR) is 155 cm³/mol. The van der Waals surface area contributed by atoms with Crippen LogP contribution in [0.15, 0.2) is 78.9 Å². The lowest BCUT2D eigenvalue weighted by Gasteiger charge is -2.44. The Kier molecular flexibility index (Phi) is 8.44. The number of benzene rings is 3. The van der Waals surface area contributed by atoms with Gasteiger partial charge >= 0.3 is 0 Å². The minimum atomic E-state index is -0.735. The Hall–Kier alpha value is -2.37. The summed E-state index contributed by atoms with van der Waals surface area (Å²) in [7, 11) is 0. The minimum Gasteiger partial charge on any atom is -0.385 e. The molecule has 3 aromatic carbocycles. The molecule has 0 radical (unpaired) electrons. The zero-order valence-corrected chi connectivity index (χ0v) is 23.3. The predicted octanol–water partition coefficient (Wildman–Crippen LogP) is 6.93. The van der Waals surface area contributed by atoms with Crippen LogP contribution in [0.3, 0.4) is 0 Å². The fourth-order valence-corrected chi connectivity index (χ4v) is 6.60. The third-order valence-electron chi connectivity index (χ3n) is 8.54. The highest BCUT2D eigenvalue weighted by Gasteiger charge is 2.39. The molecule has 5 rings (SSSR count). The molecule has 0 aromatic heterocycles. The molecular weight excluding hydrogens is 515 g/mol. The molecule has 2 fully saturated rings. The maximum Gasteiger partial charge on any atom is 0.253 e. The van der Waals surface area contributed by atoms with Gasteiger partial charge in [0.15, 0.2) is 0 Å². The minimum absolute atomic E-state index is 0.0889. The summed E-state index contributed by atoms with van der Waals surface area (Å²) in [5.41, 5.74) is 2.01.